The molecule has 0 spiro atoms. The summed E-state index contributed by atoms with van der Waals surface area (Å²) in [4.78, 5) is 15.1. The Morgan fingerprint density at radius 3 is 2.76 bits per heavy atom. The Labute approximate surface area is 122 Å². The lowest BCUT2D eigenvalue weighted by Gasteiger charge is -2.14. The maximum atomic E-state index is 12.4. The highest BCUT2D eigenvalue weighted by molar-refractivity contribution is 7.89. The minimum Gasteiger partial charge on any atom is -0.480 e. The van der Waals surface area contributed by atoms with Crippen LogP contribution in [0.25, 0.3) is 10.9 Å². The molecule has 0 bridgehead atoms. The smallest absolute Gasteiger partial charge is 0.321 e. The van der Waals surface area contributed by atoms with E-state index in [9.17, 15) is 13.2 Å². The predicted molar refractivity (Wildman–Crippen MR) is 78.5 cm³/mol. The highest BCUT2D eigenvalue weighted by atomic mass is 32.2. The third-order valence-corrected chi connectivity index (χ3v) is 4.61. The van der Waals surface area contributed by atoms with Crippen LogP contribution in [-0.2, 0) is 14.8 Å². The molecule has 0 saturated carbocycles. The van der Waals surface area contributed by atoms with Gasteiger partial charge in [0.15, 0.2) is 0 Å². The van der Waals surface area contributed by atoms with Gasteiger partial charge in [0.05, 0.1) is 5.52 Å². The number of carboxylic acids is 1. The van der Waals surface area contributed by atoms with E-state index in [0.717, 1.165) is 5.56 Å². The molecule has 1 heterocycles. The van der Waals surface area contributed by atoms with Gasteiger partial charge in [-0.2, -0.15) is 4.72 Å². The van der Waals surface area contributed by atoms with Crippen molar-refractivity contribution in [2.45, 2.75) is 31.2 Å². The summed E-state index contributed by atoms with van der Waals surface area (Å²) < 4.78 is 27.0. The Kier molecular flexibility index (Phi) is 4.24. The van der Waals surface area contributed by atoms with Crippen molar-refractivity contribution < 1.29 is 18.3 Å². The second-order valence-corrected chi connectivity index (χ2v) is 6.44. The van der Waals surface area contributed by atoms with Crippen molar-refractivity contribution in [3.8, 4) is 0 Å². The summed E-state index contributed by atoms with van der Waals surface area (Å²) in [6.45, 7) is 3.47. The van der Waals surface area contributed by atoms with Crippen molar-refractivity contribution in [1.29, 1.82) is 0 Å². The summed E-state index contributed by atoms with van der Waals surface area (Å²) in [5.41, 5.74) is 1.25. The number of rotatable bonds is 5. The molecular weight excluding hydrogens is 292 g/mol. The number of benzene rings is 1. The minimum atomic E-state index is -3.95. The fourth-order valence-electron chi connectivity index (χ4n) is 2.02. The number of nitrogens with zero attached hydrogens (tertiary/aromatic N) is 1. The molecule has 7 heteroatoms. The number of pyridine rings is 1. The van der Waals surface area contributed by atoms with E-state index in [1.807, 2.05) is 13.0 Å². The quantitative estimate of drug-likeness (QED) is 0.876. The first kappa shape index (κ1) is 15.4. The van der Waals surface area contributed by atoms with Crippen LogP contribution in [0.3, 0.4) is 0 Å². The molecule has 0 unspecified atom stereocenters. The number of para-hydroxylation sites is 1. The number of hydrogen-bond acceptors (Lipinski definition) is 4. The van der Waals surface area contributed by atoms with E-state index in [1.54, 1.807) is 25.3 Å². The summed E-state index contributed by atoms with van der Waals surface area (Å²) in [7, 11) is -3.95. The largest absolute Gasteiger partial charge is 0.480 e. The molecule has 2 rings (SSSR count). The van der Waals surface area contributed by atoms with Gasteiger partial charge in [0.1, 0.15) is 10.9 Å². The number of sulfonamides is 1. The SMILES string of the molecule is CC[C@H](NS(=O)(=O)c1cccc2cc(C)cnc12)C(=O)O. The topological polar surface area (TPSA) is 96.4 Å². The first-order valence-electron chi connectivity index (χ1n) is 6.45. The van der Waals surface area contributed by atoms with E-state index in [1.165, 1.54) is 6.07 Å². The van der Waals surface area contributed by atoms with Crippen LogP contribution < -0.4 is 4.72 Å². The Bertz CT molecular complexity index is 787. The van der Waals surface area contributed by atoms with E-state index in [-0.39, 0.29) is 11.3 Å². The summed E-state index contributed by atoms with van der Waals surface area (Å²) in [5, 5.41) is 9.69. The fourth-order valence-corrected chi connectivity index (χ4v) is 3.47. The van der Waals surface area contributed by atoms with E-state index in [2.05, 4.69) is 9.71 Å². The molecule has 112 valence electrons. The van der Waals surface area contributed by atoms with Gasteiger partial charge in [0.2, 0.25) is 10.0 Å². The summed E-state index contributed by atoms with van der Waals surface area (Å²) in [6.07, 6.45) is 1.74. The van der Waals surface area contributed by atoms with Gasteiger partial charge in [0.25, 0.3) is 0 Å². The first-order chi connectivity index (χ1) is 9.85. The normalized spacial score (nSPS) is 13.2. The maximum absolute atomic E-state index is 12.4. The van der Waals surface area contributed by atoms with Gasteiger partial charge in [0, 0.05) is 11.6 Å². The van der Waals surface area contributed by atoms with Crippen molar-refractivity contribution in [1.82, 2.24) is 9.71 Å². The zero-order chi connectivity index (χ0) is 15.6. The fraction of sp³-hybridized carbons (Fsp3) is 0.286. The second-order valence-electron chi connectivity index (χ2n) is 4.76. The molecule has 0 saturated heterocycles. The summed E-state index contributed by atoms with van der Waals surface area (Å²) in [5.74, 6) is -1.20. The van der Waals surface area contributed by atoms with Crippen LogP contribution in [0, 0.1) is 6.92 Å². The lowest BCUT2D eigenvalue weighted by molar-refractivity contribution is -0.139. The molecule has 1 aromatic heterocycles. The van der Waals surface area contributed by atoms with Crippen molar-refractivity contribution in [3.63, 3.8) is 0 Å². The average Bonchev–Trinajstić information content (AvgIpc) is 2.43. The van der Waals surface area contributed by atoms with Crippen LogP contribution in [0.2, 0.25) is 0 Å². The maximum Gasteiger partial charge on any atom is 0.321 e. The predicted octanol–water partition coefficient (Wildman–Crippen LogP) is 1.68. The Morgan fingerprint density at radius 2 is 2.14 bits per heavy atom. The van der Waals surface area contributed by atoms with Gasteiger partial charge in [-0.15, -0.1) is 0 Å². The first-order valence-corrected chi connectivity index (χ1v) is 7.94. The van der Waals surface area contributed by atoms with Crippen molar-refractivity contribution in [3.05, 3.63) is 36.0 Å². The number of nitrogens with one attached hydrogen (secondary N) is 1. The van der Waals surface area contributed by atoms with Gasteiger partial charge in [-0.3, -0.25) is 9.78 Å². The van der Waals surface area contributed by atoms with Gasteiger partial charge in [-0.25, -0.2) is 8.42 Å². The molecule has 2 N–H and O–H groups in total. The zero-order valence-corrected chi connectivity index (χ0v) is 12.5. The molecular formula is C14H16N2O4S. The molecule has 6 nitrogen and oxygen atoms in total. The van der Waals surface area contributed by atoms with Gasteiger partial charge in [-0.05, 0) is 31.0 Å². The Balaban J connectivity index is 2.52. The van der Waals surface area contributed by atoms with E-state index in [0.29, 0.717) is 10.9 Å². The van der Waals surface area contributed by atoms with Crippen molar-refractivity contribution >= 4 is 26.9 Å². The van der Waals surface area contributed by atoms with E-state index >= 15 is 0 Å². The van der Waals surface area contributed by atoms with Crippen LogP contribution in [0.15, 0.2) is 35.4 Å². The molecule has 0 radical (unpaired) electrons. The zero-order valence-electron chi connectivity index (χ0n) is 11.7. The highest BCUT2D eigenvalue weighted by Gasteiger charge is 2.25. The standard InChI is InChI=1S/C14H16N2O4S/c1-3-11(14(17)18)16-21(19,20)12-6-4-5-10-7-9(2)8-15-13(10)12/h4-8,11,16H,3H2,1-2H3,(H,17,18)/t11-/m0/s1. The minimum absolute atomic E-state index is 0.0142. The van der Waals surface area contributed by atoms with Crippen LogP contribution in [0.5, 0.6) is 0 Å². The van der Waals surface area contributed by atoms with Gasteiger partial charge in [-0.1, -0.05) is 19.1 Å². The third kappa shape index (κ3) is 3.20. The molecule has 0 fully saturated rings. The van der Waals surface area contributed by atoms with Crippen molar-refractivity contribution in [2.75, 3.05) is 0 Å². The van der Waals surface area contributed by atoms with Crippen LogP contribution >= 0.6 is 0 Å². The molecule has 2 aromatic rings. The average molecular weight is 308 g/mol. The van der Waals surface area contributed by atoms with Crippen LogP contribution in [0.4, 0.5) is 0 Å². The summed E-state index contributed by atoms with van der Waals surface area (Å²) in [6, 6.07) is 5.47. The Hall–Kier alpha value is -1.99. The van der Waals surface area contributed by atoms with E-state index < -0.39 is 22.0 Å². The number of carboxylic acid groups (broad SMARTS) is 1. The number of aromatic nitrogens is 1. The molecule has 1 aromatic carbocycles. The number of fused-ring (bicyclic) bond motifs is 1. The number of aryl methyl sites for hydroxylation is 1. The van der Waals surface area contributed by atoms with E-state index in [4.69, 9.17) is 5.11 Å². The van der Waals surface area contributed by atoms with Crippen LogP contribution in [-0.4, -0.2) is 30.5 Å². The molecule has 0 amide bonds. The molecule has 0 aliphatic heterocycles. The second kappa shape index (κ2) is 5.79. The van der Waals surface area contributed by atoms with Crippen LogP contribution in [0.1, 0.15) is 18.9 Å². The number of hydrogen-bond donors (Lipinski definition) is 2. The monoisotopic (exact) mass is 308 g/mol. The number of aliphatic carboxylic acids is 1. The lowest BCUT2D eigenvalue weighted by Crippen LogP contribution is -2.40. The Morgan fingerprint density at radius 1 is 1.43 bits per heavy atom. The molecule has 0 aliphatic rings. The summed E-state index contributed by atoms with van der Waals surface area (Å²) >= 11 is 0. The van der Waals surface area contributed by atoms with Gasteiger partial charge >= 0.3 is 5.97 Å². The molecule has 21 heavy (non-hydrogen) atoms. The third-order valence-electron chi connectivity index (χ3n) is 3.10. The highest BCUT2D eigenvalue weighted by Crippen LogP contribution is 2.22. The lowest BCUT2D eigenvalue weighted by atomic mass is 10.2. The van der Waals surface area contributed by atoms with Gasteiger partial charge < -0.3 is 5.11 Å². The molecule has 1 atom stereocenters. The number of carbonyl (C=O) groups is 1. The molecule has 0 aliphatic carbocycles. The van der Waals surface area contributed by atoms with Crippen molar-refractivity contribution in [2.24, 2.45) is 0 Å².